The maximum absolute atomic E-state index is 13.9. The Hall–Kier alpha value is -0.160. The molecule has 0 radical (unpaired) electrons. The van der Waals surface area contributed by atoms with E-state index in [1.54, 1.807) is 20.8 Å². The van der Waals surface area contributed by atoms with Gasteiger partial charge in [-0.1, -0.05) is 0 Å². The minimum absolute atomic E-state index is 0.0608. The highest BCUT2D eigenvalue weighted by molar-refractivity contribution is 7.92. The summed E-state index contributed by atoms with van der Waals surface area (Å²) in [4.78, 5) is 0. The molecule has 5 heteroatoms. The third-order valence-electron chi connectivity index (χ3n) is 2.94. The lowest BCUT2D eigenvalue weighted by Crippen LogP contribution is -2.35. The van der Waals surface area contributed by atoms with Gasteiger partial charge in [-0.05, 0) is 40.2 Å². The van der Waals surface area contributed by atoms with E-state index in [1.807, 2.05) is 0 Å². The summed E-state index contributed by atoms with van der Waals surface area (Å²) in [6.07, 6.45) is 0.534. The van der Waals surface area contributed by atoms with Crippen LogP contribution in [0.3, 0.4) is 0 Å². The van der Waals surface area contributed by atoms with Crippen LogP contribution in [0, 0.1) is 0 Å². The smallest absolute Gasteiger partial charge is 0.155 e. The Balaban J connectivity index is 2.57. The van der Waals surface area contributed by atoms with Crippen LogP contribution in [0.2, 0.25) is 0 Å². The fourth-order valence-corrected chi connectivity index (χ4v) is 2.80. The Kier molecular flexibility index (Phi) is 3.45. The highest BCUT2D eigenvalue weighted by Gasteiger charge is 2.37. The highest BCUT2D eigenvalue weighted by atomic mass is 32.2. The van der Waals surface area contributed by atoms with Gasteiger partial charge in [0.15, 0.2) is 9.84 Å². The third-order valence-corrected chi connectivity index (χ3v) is 5.55. The molecule has 1 aliphatic heterocycles. The Labute approximate surface area is 91.4 Å². The lowest BCUT2D eigenvalue weighted by atomic mass is 10.0. The Morgan fingerprint density at radius 1 is 1.40 bits per heavy atom. The first-order valence-corrected chi connectivity index (χ1v) is 6.94. The Morgan fingerprint density at radius 2 is 2.00 bits per heavy atom. The minimum atomic E-state index is -3.19. The van der Waals surface area contributed by atoms with Gasteiger partial charge in [0, 0.05) is 6.54 Å². The molecule has 1 heterocycles. The number of halogens is 1. The zero-order valence-corrected chi connectivity index (χ0v) is 10.5. The van der Waals surface area contributed by atoms with Crippen molar-refractivity contribution in [3.05, 3.63) is 0 Å². The van der Waals surface area contributed by atoms with Crippen LogP contribution in [0.25, 0.3) is 0 Å². The summed E-state index contributed by atoms with van der Waals surface area (Å²) in [7, 11) is -3.19. The van der Waals surface area contributed by atoms with E-state index >= 15 is 0 Å². The third kappa shape index (κ3) is 3.14. The number of sulfone groups is 1. The number of hydrogen-bond donors (Lipinski definition) is 1. The summed E-state index contributed by atoms with van der Waals surface area (Å²) < 4.78 is 36.6. The fraction of sp³-hybridized carbons (Fsp3) is 1.00. The van der Waals surface area contributed by atoms with Crippen LogP contribution in [-0.4, -0.2) is 37.7 Å². The molecule has 0 amide bonds. The average Bonchev–Trinajstić information content (AvgIpc) is 2.48. The average molecular weight is 237 g/mol. The summed E-state index contributed by atoms with van der Waals surface area (Å²) in [5.41, 5.74) is -1.32. The van der Waals surface area contributed by atoms with Crippen LogP contribution in [0.1, 0.15) is 33.6 Å². The molecule has 1 rings (SSSR count). The molecule has 0 aromatic carbocycles. The second-order valence-corrected chi connectivity index (χ2v) is 8.12. The molecular weight excluding hydrogens is 217 g/mol. The van der Waals surface area contributed by atoms with E-state index in [0.29, 0.717) is 13.0 Å². The van der Waals surface area contributed by atoms with Crippen LogP contribution in [0.15, 0.2) is 0 Å². The van der Waals surface area contributed by atoms with Crippen molar-refractivity contribution in [1.29, 1.82) is 0 Å². The van der Waals surface area contributed by atoms with Crippen molar-refractivity contribution in [2.45, 2.75) is 44.0 Å². The largest absolute Gasteiger partial charge is 0.313 e. The van der Waals surface area contributed by atoms with Crippen molar-refractivity contribution >= 4 is 9.84 Å². The van der Waals surface area contributed by atoms with E-state index in [-0.39, 0.29) is 18.7 Å². The maximum Gasteiger partial charge on any atom is 0.155 e. The summed E-state index contributed by atoms with van der Waals surface area (Å²) >= 11 is 0. The molecule has 1 aliphatic rings. The normalized spacial score (nSPS) is 28.3. The molecule has 1 atom stereocenters. The molecule has 0 aromatic heterocycles. The van der Waals surface area contributed by atoms with Gasteiger partial charge in [0.1, 0.15) is 5.67 Å². The topological polar surface area (TPSA) is 46.2 Å². The van der Waals surface area contributed by atoms with E-state index in [4.69, 9.17) is 0 Å². The maximum atomic E-state index is 13.9. The second kappa shape index (κ2) is 4.01. The molecule has 0 bridgehead atoms. The SMILES string of the molecule is CC(C)(C)S(=O)(=O)CCC1(F)CCNC1. The van der Waals surface area contributed by atoms with Gasteiger partial charge in [0.05, 0.1) is 10.5 Å². The van der Waals surface area contributed by atoms with Gasteiger partial charge in [0.25, 0.3) is 0 Å². The highest BCUT2D eigenvalue weighted by Crippen LogP contribution is 2.27. The summed E-state index contributed by atoms with van der Waals surface area (Å²) in [6, 6.07) is 0. The monoisotopic (exact) mass is 237 g/mol. The summed E-state index contributed by atoms with van der Waals surface area (Å²) in [6.45, 7) is 5.89. The van der Waals surface area contributed by atoms with Gasteiger partial charge >= 0.3 is 0 Å². The minimum Gasteiger partial charge on any atom is -0.313 e. The molecule has 0 spiro atoms. The predicted molar refractivity (Wildman–Crippen MR) is 59.5 cm³/mol. The molecule has 3 nitrogen and oxygen atoms in total. The quantitative estimate of drug-likeness (QED) is 0.804. The van der Waals surface area contributed by atoms with E-state index < -0.39 is 20.3 Å². The van der Waals surface area contributed by atoms with Crippen molar-refractivity contribution in [3.8, 4) is 0 Å². The number of nitrogens with one attached hydrogen (secondary N) is 1. The van der Waals surface area contributed by atoms with Crippen LogP contribution >= 0.6 is 0 Å². The lowest BCUT2D eigenvalue weighted by Gasteiger charge is -2.23. The second-order valence-electron chi connectivity index (χ2n) is 5.26. The number of alkyl halides is 1. The van der Waals surface area contributed by atoms with Crippen LogP contribution in [0.5, 0.6) is 0 Å². The van der Waals surface area contributed by atoms with E-state index in [1.165, 1.54) is 0 Å². The van der Waals surface area contributed by atoms with Crippen molar-refractivity contribution in [1.82, 2.24) is 5.32 Å². The molecule has 90 valence electrons. The molecule has 0 saturated carbocycles. The van der Waals surface area contributed by atoms with E-state index in [9.17, 15) is 12.8 Å². The van der Waals surface area contributed by atoms with E-state index in [0.717, 1.165) is 0 Å². The van der Waals surface area contributed by atoms with E-state index in [2.05, 4.69) is 5.32 Å². The summed E-state index contributed by atoms with van der Waals surface area (Å²) in [5.74, 6) is -0.0608. The van der Waals surface area contributed by atoms with Crippen molar-refractivity contribution in [3.63, 3.8) is 0 Å². The van der Waals surface area contributed by atoms with Crippen molar-refractivity contribution < 1.29 is 12.8 Å². The van der Waals surface area contributed by atoms with Crippen LogP contribution in [0.4, 0.5) is 4.39 Å². The van der Waals surface area contributed by atoms with Crippen LogP contribution in [-0.2, 0) is 9.84 Å². The van der Waals surface area contributed by atoms with Gasteiger partial charge in [-0.2, -0.15) is 0 Å². The molecule has 1 saturated heterocycles. The molecule has 15 heavy (non-hydrogen) atoms. The van der Waals surface area contributed by atoms with Gasteiger partial charge in [-0.3, -0.25) is 0 Å². The van der Waals surface area contributed by atoms with Crippen molar-refractivity contribution in [2.75, 3.05) is 18.8 Å². The first-order valence-electron chi connectivity index (χ1n) is 5.28. The lowest BCUT2D eigenvalue weighted by molar-refractivity contribution is 0.185. The predicted octanol–water partition coefficient (Wildman–Crippen LogP) is 1.29. The van der Waals surface area contributed by atoms with Gasteiger partial charge in [0.2, 0.25) is 0 Å². The number of hydrogen-bond acceptors (Lipinski definition) is 3. The molecule has 1 N–H and O–H groups in total. The van der Waals surface area contributed by atoms with Gasteiger partial charge < -0.3 is 5.32 Å². The Morgan fingerprint density at radius 3 is 2.40 bits per heavy atom. The van der Waals surface area contributed by atoms with Gasteiger partial charge in [-0.15, -0.1) is 0 Å². The molecule has 0 aromatic rings. The standard InChI is InChI=1S/C10H20FNO2S/c1-9(2,3)15(13,14)7-5-10(11)4-6-12-8-10/h12H,4-8H2,1-3H3. The van der Waals surface area contributed by atoms with Gasteiger partial charge in [-0.25, -0.2) is 12.8 Å². The molecule has 0 aliphatic carbocycles. The molecule has 1 fully saturated rings. The first-order chi connectivity index (χ1) is 6.66. The zero-order valence-electron chi connectivity index (χ0n) is 9.64. The number of rotatable bonds is 3. The molecule has 1 unspecified atom stereocenters. The fourth-order valence-electron chi connectivity index (χ4n) is 1.55. The molecular formula is C10H20FNO2S. The van der Waals surface area contributed by atoms with Crippen molar-refractivity contribution in [2.24, 2.45) is 0 Å². The Bertz CT molecular complexity index is 313. The summed E-state index contributed by atoms with van der Waals surface area (Å²) in [5, 5.41) is 2.92. The zero-order chi connectivity index (χ0) is 11.7. The van der Waals surface area contributed by atoms with Crippen LogP contribution < -0.4 is 5.32 Å². The first kappa shape index (κ1) is 12.9.